The highest BCUT2D eigenvalue weighted by Crippen LogP contribution is 2.48. The normalized spacial score (nSPS) is 20.0. The van der Waals surface area contributed by atoms with E-state index in [9.17, 15) is 4.79 Å². The predicted octanol–water partition coefficient (Wildman–Crippen LogP) is 4.40. The van der Waals surface area contributed by atoms with Crippen molar-refractivity contribution in [2.24, 2.45) is 0 Å². The quantitative estimate of drug-likeness (QED) is 0.752. The minimum atomic E-state index is 0.109. The highest BCUT2D eigenvalue weighted by Gasteiger charge is 2.38. The molecule has 0 fully saturated rings. The van der Waals surface area contributed by atoms with Crippen molar-refractivity contribution in [2.75, 3.05) is 18.6 Å². The van der Waals surface area contributed by atoms with Crippen LogP contribution in [0.25, 0.3) is 0 Å². The van der Waals surface area contributed by atoms with E-state index in [1.54, 1.807) is 7.11 Å². The van der Waals surface area contributed by atoms with Gasteiger partial charge >= 0.3 is 0 Å². The molecule has 1 aliphatic rings. The molecule has 1 aromatic carbocycles. The monoisotopic (exact) mass is 289 g/mol. The van der Waals surface area contributed by atoms with E-state index >= 15 is 0 Å². The van der Waals surface area contributed by atoms with Gasteiger partial charge in [-0.3, -0.25) is 4.79 Å². The molecule has 0 amide bonds. The molecule has 1 aliphatic heterocycles. The number of nitrogens with zero attached hydrogens (tertiary/aromatic N) is 1. The molecule has 116 valence electrons. The average Bonchev–Trinajstić information content (AvgIpc) is 2.45. The Bertz CT molecular complexity index is 522. The van der Waals surface area contributed by atoms with Crippen molar-refractivity contribution in [3.05, 3.63) is 23.3 Å². The number of aldehydes is 1. The molecule has 0 unspecified atom stereocenters. The summed E-state index contributed by atoms with van der Waals surface area (Å²) in [6.07, 6.45) is 4.34. The van der Waals surface area contributed by atoms with Gasteiger partial charge in [0.1, 0.15) is 12.0 Å². The Balaban J connectivity index is 2.59. The molecule has 0 radical (unpaired) electrons. The van der Waals surface area contributed by atoms with Crippen LogP contribution in [0.15, 0.2) is 12.1 Å². The molecule has 1 heterocycles. The smallest absolute Gasteiger partial charge is 0.150 e. The summed E-state index contributed by atoms with van der Waals surface area (Å²) in [4.78, 5) is 13.7. The number of fused-ring (bicyclic) bond motifs is 1. The molecule has 0 N–H and O–H groups in total. The van der Waals surface area contributed by atoms with E-state index in [4.69, 9.17) is 4.74 Å². The summed E-state index contributed by atoms with van der Waals surface area (Å²) >= 11 is 0. The number of rotatable bonds is 5. The minimum absolute atomic E-state index is 0.109. The number of unbranched alkanes of at least 4 members (excludes halogenated alkanes) is 1. The van der Waals surface area contributed by atoms with Gasteiger partial charge < -0.3 is 9.64 Å². The van der Waals surface area contributed by atoms with E-state index in [-0.39, 0.29) is 5.54 Å². The maximum Gasteiger partial charge on any atom is 0.150 e. The SMILES string of the molecule is CCCCN1c2c(OC)cc(C=O)cc2[C@H](C)CC1(C)C. The van der Waals surface area contributed by atoms with Crippen LogP contribution in [0, 0.1) is 0 Å². The highest BCUT2D eigenvalue weighted by atomic mass is 16.5. The van der Waals surface area contributed by atoms with Crippen LogP contribution in [0.2, 0.25) is 0 Å². The van der Waals surface area contributed by atoms with Gasteiger partial charge in [0.2, 0.25) is 0 Å². The third-order valence-electron chi connectivity index (χ3n) is 4.56. The molecule has 0 saturated carbocycles. The fourth-order valence-corrected chi connectivity index (χ4v) is 3.54. The largest absolute Gasteiger partial charge is 0.495 e. The van der Waals surface area contributed by atoms with Crippen LogP contribution in [0.5, 0.6) is 5.75 Å². The van der Waals surface area contributed by atoms with Gasteiger partial charge in [0.25, 0.3) is 0 Å². The van der Waals surface area contributed by atoms with Gasteiger partial charge in [-0.15, -0.1) is 0 Å². The van der Waals surface area contributed by atoms with E-state index in [1.165, 1.54) is 17.7 Å². The van der Waals surface area contributed by atoms with Gasteiger partial charge in [-0.2, -0.15) is 0 Å². The first-order valence-corrected chi connectivity index (χ1v) is 7.89. The van der Waals surface area contributed by atoms with E-state index < -0.39 is 0 Å². The number of hydrogen-bond donors (Lipinski definition) is 0. The van der Waals surface area contributed by atoms with Crippen molar-refractivity contribution in [3.63, 3.8) is 0 Å². The first-order chi connectivity index (χ1) is 9.94. The van der Waals surface area contributed by atoms with E-state index in [0.29, 0.717) is 11.5 Å². The molecule has 2 rings (SSSR count). The fraction of sp³-hybridized carbons (Fsp3) is 0.611. The lowest BCUT2D eigenvalue weighted by Crippen LogP contribution is -2.49. The first kappa shape index (κ1) is 15.9. The van der Waals surface area contributed by atoms with Crippen LogP contribution in [0.3, 0.4) is 0 Å². The van der Waals surface area contributed by atoms with Crippen molar-refractivity contribution < 1.29 is 9.53 Å². The highest BCUT2D eigenvalue weighted by molar-refractivity contribution is 5.81. The van der Waals surface area contributed by atoms with Gasteiger partial charge in [0.15, 0.2) is 0 Å². The molecule has 21 heavy (non-hydrogen) atoms. The summed E-state index contributed by atoms with van der Waals surface area (Å²) in [5.41, 5.74) is 3.23. The van der Waals surface area contributed by atoms with Gasteiger partial charge in [0, 0.05) is 17.6 Å². The second-order valence-corrected chi connectivity index (χ2v) is 6.70. The minimum Gasteiger partial charge on any atom is -0.495 e. The van der Waals surface area contributed by atoms with Crippen LogP contribution in [-0.4, -0.2) is 25.5 Å². The maximum absolute atomic E-state index is 11.2. The third kappa shape index (κ3) is 2.92. The van der Waals surface area contributed by atoms with Crippen LogP contribution in [0.1, 0.15) is 68.8 Å². The number of methoxy groups -OCH3 is 1. The number of carbonyl (C=O) groups is 1. The van der Waals surface area contributed by atoms with Gasteiger partial charge in [-0.25, -0.2) is 0 Å². The third-order valence-corrected chi connectivity index (χ3v) is 4.56. The Morgan fingerprint density at radius 2 is 2.14 bits per heavy atom. The lowest BCUT2D eigenvalue weighted by atomic mass is 9.79. The standard InChI is InChI=1S/C18H27NO2/c1-6-7-8-19-17-15(13(2)11-18(19,3)4)9-14(12-20)10-16(17)21-5/h9-10,12-13H,6-8,11H2,1-5H3/t13-/m1/s1. The number of benzene rings is 1. The average molecular weight is 289 g/mol. The Labute approximate surface area is 128 Å². The van der Waals surface area contributed by atoms with E-state index in [2.05, 4.69) is 32.6 Å². The Morgan fingerprint density at radius 3 is 2.71 bits per heavy atom. The Morgan fingerprint density at radius 1 is 1.43 bits per heavy atom. The molecule has 1 atom stereocenters. The number of hydrogen-bond acceptors (Lipinski definition) is 3. The van der Waals surface area contributed by atoms with Crippen molar-refractivity contribution in [3.8, 4) is 5.75 Å². The second-order valence-electron chi connectivity index (χ2n) is 6.70. The Kier molecular flexibility index (Phi) is 4.60. The van der Waals surface area contributed by atoms with Gasteiger partial charge in [0.05, 0.1) is 12.8 Å². The Hall–Kier alpha value is -1.51. The summed E-state index contributed by atoms with van der Waals surface area (Å²) < 4.78 is 5.61. The molecule has 1 aromatic rings. The lowest BCUT2D eigenvalue weighted by molar-refractivity contribution is 0.112. The van der Waals surface area contributed by atoms with Crippen LogP contribution in [-0.2, 0) is 0 Å². The molecule has 3 heteroatoms. The summed E-state index contributed by atoms with van der Waals surface area (Å²) in [6.45, 7) is 10.1. The molecular weight excluding hydrogens is 262 g/mol. The summed E-state index contributed by atoms with van der Waals surface area (Å²) in [7, 11) is 1.69. The zero-order valence-electron chi connectivity index (χ0n) is 13.9. The molecular formula is C18H27NO2. The van der Waals surface area contributed by atoms with Crippen molar-refractivity contribution in [1.82, 2.24) is 0 Å². The van der Waals surface area contributed by atoms with Crippen molar-refractivity contribution in [1.29, 1.82) is 0 Å². The maximum atomic E-state index is 11.2. The summed E-state index contributed by atoms with van der Waals surface area (Å²) in [6, 6.07) is 3.89. The molecule has 0 spiro atoms. The molecule has 0 aromatic heterocycles. The van der Waals surface area contributed by atoms with Crippen LogP contribution in [0.4, 0.5) is 5.69 Å². The van der Waals surface area contributed by atoms with Crippen LogP contribution >= 0.6 is 0 Å². The fourth-order valence-electron chi connectivity index (χ4n) is 3.54. The van der Waals surface area contributed by atoms with Gasteiger partial charge in [-0.1, -0.05) is 20.3 Å². The zero-order valence-corrected chi connectivity index (χ0v) is 13.9. The zero-order chi connectivity index (χ0) is 15.6. The van der Waals surface area contributed by atoms with Crippen LogP contribution < -0.4 is 9.64 Å². The topological polar surface area (TPSA) is 29.5 Å². The van der Waals surface area contributed by atoms with E-state index in [1.807, 2.05) is 12.1 Å². The van der Waals surface area contributed by atoms with E-state index in [0.717, 1.165) is 31.4 Å². The lowest BCUT2D eigenvalue weighted by Gasteiger charge is -2.48. The molecule has 3 nitrogen and oxygen atoms in total. The number of carbonyl (C=O) groups excluding carboxylic acids is 1. The first-order valence-electron chi connectivity index (χ1n) is 7.89. The number of anilines is 1. The number of ether oxygens (including phenoxy) is 1. The molecule has 0 bridgehead atoms. The predicted molar refractivity (Wildman–Crippen MR) is 87.7 cm³/mol. The van der Waals surface area contributed by atoms with Gasteiger partial charge in [-0.05, 0) is 50.3 Å². The second kappa shape index (κ2) is 6.08. The molecule has 0 saturated heterocycles. The summed E-state index contributed by atoms with van der Waals surface area (Å²) in [5, 5.41) is 0. The molecule has 0 aliphatic carbocycles. The summed E-state index contributed by atoms with van der Waals surface area (Å²) in [5.74, 6) is 1.26. The van der Waals surface area contributed by atoms with Crippen molar-refractivity contribution in [2.45, 2.75) is 58.4 Å². The van der Waals surface area contributed by atoms with Crippen molar-refractivity contribution >= 4 is 12.0 Å².